The van der Waals surface area contributed by atoms with E-state index in [1.54, 1.807) is 0 Å². The molecule has 1 amide bonds. The molecule has 0 radical (unpaired) electrons. The number of rotatable bonds is 7. The van der Waals surface area contributed by atoms with Crippen molar-refractivity contribution in [3.8, 4) is 0 Å². The van der Waals surface area contributed by atoms with E-state index in [1.165, 1.54) is 24.9 Å². The van der Waals surface area contributed by atoms with Crippen LogP contribution in [0.2, 0.25) is 0 Å². The van der Waals surface area contributed by atoms with Crippen molar-refractivity contribution in [2.24, 2.45) is 5.92 Å². The van der Waals surface area contributed by atoms with Gasteiger partial charge in [0.05, 0.1) is 6.54 Å². The van der Waals surface area contributed by atoms with Crippen LogP contribution in [0.1, 0.15) is 51.0 Å². The summed E-state index contributed by atoms with van der Waals surface area (Å²) >= 11 is 0. The van der Waals surface area contributed by atoms with E-state index in [0.717, 1.165) is 37.5 Å². The Kier molecular flexibility index (Phi) is 7.73. The first-order chi connectivity index (χ1) is 11.6. The van der Waals surface area contributed by atoms with E-state index < -0.39 is 0 Å². The van der Waals surface area contributed by atoms with E-state index in [0.29, 0.717) is 18.5 Å². The van der Waals surface area contributed by atoms with Gasteiger partial charge >= 0.3 is 0 Å². The Balaban J connectivity index is 0.00000225. The number of anilines is 1. The van der Waals surface area contributed by atoms with Crippen molar-refractivity contribution in [2.45, 2.75) is 51.5 Å². The molecule has 0 atom stereocenters. The number of piperidine rings is 1. The van der Waals surface area contributed by atoms with Gasteiger partial charge in [0.15, 0.2) is 0 Å². The molecule has 1 saturated heterocycles. The zero-order valence-corrected chi connectivity index (χ0v) is 16.3. The summed E-state index contributed by atoms with van der Waals surface area (Å²) in [6.07, 6.45) is 5.13. The van der Waals surface area contributed by atoms with Gasteiger partial charge in [-0.25, -0.2) is 0 Å². The first-order valence-electron chi connectivity index (χ1n) is 9.45. The van der Waals surface area contributed by atoms with Crippen LogP contribution in [-0.2, 0) is 4.79 Å². The number of hydrogen-bond acceptors (Lipinski definition) is 3. The van der Waals surface area contributed by atoms with Crippen LogP contribution in [0.25, 0.3) is 0 Å². The van der Waals surface area contributed by atoms with Gasteiger partial charge in [-0.2, -0.15) is 0 Å². The standard InChI is InChI=1S/C20H31N3O.ClH/c1-15(2)17-5-7-19(8-6-17)22-20(24)14-23-11-9-18(10-12-23)21-13-16-3-4-16;/h5-8,15-16,18,21H,3-4,9-14H2,1-2H3,(H,22,24);1H. The average Bonchev–Trinajstić information content (AvgIpc) is 3.39. The van der Waals surface area contributed by atoms with E-state index in [2.05, 4.69) is 41.5 Å². The second-order valence-electron chi connectivity index (χ2n) is 7.73. The summed E-state index contributed by atoms with van der Waals surface area (Å²) in [6.45, 7) is 8.08. The Bertz CT molecular complexity index is 534. The molecule has 2 aliphatic rings. The lowest BCUT2D eigenvalue weighted by molar-refractivity contribution is -0.117. The lowest BCUT2D eigenvalue weighted by Gasteiger charge is -2.32. The van der Waals surface area contributed by atoms with Crippen LogP contribution in [0.4, 0.5) is 5.69 Å². The molecule has 5 heteroatoms. The summed E-state index contributed by atoms with van der Waals surface area (Å²) < 4.78 is 0. The Hall–Kier alpha value is -1.10. The van der Waals surface area contributed by atoms with Gasteiger partial charge in [0.2, 0.25) is 5.91 Å². The van der Waals surface area contributed by atoms with Crippen LogP contribution in [0, 0.1) is 5.92 Å². The molecule has 1 saturated carbocycles. The van der Waals surface area contributed by atoms with Gasteiger partial charge in [0.25, 0.3) is 0 Å². The molecule has 2 N–H and O–H groups in total. The smallest absolute Gasteiger partial charge is 0.238 e. The number of nitrogens with zero attached hydrogens (tertiary/aromatic N) is 1. The maximum atomic E-state index is 12.2. The summed E-state index contributed by atoms with van der Waals surface area (Å²) in [4.78, 5) is 14.5. The van der Waals surface area contributed by atoms with Crippen molar-refractivity contribution in [2.75, 3.05) is 31.5 Å². The Labute approximate surface area is 158 Å². The molecule has 1 aromatic carbocycles. The molecule has 1 heterocycles. The second-order valence-corrected chi connectivity index (χ2v) is 7.73. The minimum Gasteiger partial charge on any atom is -0.325 e. The van der Waals surface area contributed by atoms with Gasteiger partial charge in [-0.1, -0.05) is 26.0 Å². The molecule has 25 heavy (non-hydrogen) atoms. The fraction of sp³-hybridized carbons (Fsp3) is 0.650. The SMILES string of the molecule is CC(C)c1ccc(NC(=O)CN2CCC(NCC3CC3)CC2)cc1.Cl. The number of hydrogen-bond donors (Lipinski definition) is 2. The Morgan fingerprint density at radius 1 is 1.12 bits per heavy atom. The highest BCUT2D eigenvalue weighted by Gasteiger charge is 2.24. The molecule has 2 fully saturated rings. The predicted octanol–water partition coefficient (Wildman–Crippen LogP) is 3.63. The summed E-state index contributed by atoms with van der Waals surface area (Å²) in [5.74, 6) is 1.55. The molecule has 0 aromatic heterocycles. The van der Waals surface area contributed by atoms with Crippen LogP contribution in [0.15, 0.2) is 24.3 Å². The third kappa shape index (κ3) is 6.61. The number of halogens is 1. The largest absolute Gasteiger partial charge is 0.325 e. The number of nitrogens with one attached hydrogen (secondary N) is 2. The number of carbonyl (C=O) groups is 1. The average molecular weight is 366 g/mol. The van der Waals surface area contributed by atoms with Gasteiger partial charge in [-0.05, 0) is 61.8 Å². The van der Waals surface area contributed by atoms with Crippen molar-refractivity contribution in [1.82, 2.24) is 10.2 Å². The fourth-order valence-electron chi connectivity index (χ4n) is 3.31. The summed E-state index contributed by atoms with van der Waals surface area (Å²) in [7, 11) is 0. The zero-order chi connectivity index (χ0) is 16.9. The van der Waals surface area contributed by atoms with Crippen molar-refractivity contribution in [3.05, 3.63) is 29.8 Å². The quantitative estimate of drug-likeness (QED) is 0.775. The van der Waals surface area contributed by atoms with E-state index in [-0.39, 0.29) is 18.3 Å². The predicted molar refractivity (Wildman–Crippen MR) is 107 cm³/mol. The topological polar surface area (TPSA) is 44.4 Å². The maximum absolute atomic E-state index is 12.2. The van der Waals surface area contributed by atoms with Crippen LogP contribution in [0.5, 0.6) is 0 Å². The second kappa shape index (κ2) is 9.56. The summed E-state index contributed by atoms with van der Waals surface area (Å²) in [6, 6.07) is 8.84. The van der Waals surface area contributed by atoms with Gasteiger partial charge in [0.1, 0.15) is 0 Å². The molecule has 0 bridgehead atoms. The highest BCUT2D eigenvalue weighted by Crippen LogP contribution is 2.28. The molecular formula is C20H32ClN3O. The third-order valence-electron chi connectivity index (χ3n) is 5.21. The first kappa shape index (κ1) is 20.2. The van der Waals surface area contributed by atoms with E-state index in [9.17, 15) is 4.79 Å². The van der Waals surface area contributed by atoms with Crippen molar-refractivity contribution < 1.29 is 4.79 Å². The van der Waals surface area contributed by atoms with E-state index in [4.69, 9.17) is 0 Å². The van der Waals surface area contributed by atoms with Crippen molar-refractivity contribution in [3.63, 3.8) is 0 Å². The Morgan fingerprint density at radius 3 is 2.32 bits per heavy atom. The number of carbonyl (C=O) groups excluding carboxylic acids is 1. The first-order valence-corrected chi connectivity index (χ1v) is 9.45. The molecule has 140 valence electrons. The van der Waals surface area contributed by atoms with Gasteiger partial charge in [-0.3, -0.25) is 9.69 Å². The molecule has 1 aliphatic carbocycles. The summed E-state index contributed by atoms with van der Waals surface area (Å²) in [5, 5.41) is 6.70. The molecule has 1 aliphatic heterocycles. The van der Waals surface area contributed by atoms with Crippen LogP contribution < -0.4 is 10.6 Å². The van der Waals surface area contributed by atoms with Gasteiger partial charge in [-0.15, -0.1) is 12.4 Å². The molecule has 0 spiro atoms. The highest BCUT2D eigenvalue weighted by molar-refractivity contribution is 5.92. The minimum atomic E-state index is 0. The summed E-state index contributed by atoms with van der Waals surface area (Å²) in [5.41, 5.74) is 2.19. The Morgan fingerprint density at radius 2 is 1.76 bits per heavy atom. The molecule has 3 rings (SSSR count). The van der Waals surface area contributed by atoms with Crippen molar-refractivity contribution in [1.29, 1.82) is 0 Å². The normalized spacial score (nSPS) is 18.8. The number of likely N-dealkylation sites (tertiary alicyclic amines) is 1. The maximum Gasteiger partial charge on any atom is 0.238 e. The third-order valence-corrected chi connectivity index (χ3v) is 5.21. The fourth-order valence-corrected chi connectivity index (χ4v) is 3.31. The zero-order valence-electron chi connectivity index (χ0n) is 15.5. The van der Waals surface area contributed by atoms with Crippen molar-refractivity contribution >= 4 is 24.0 Å². The van der Waals surface area contributed by atoms with Gasteiger partial charge in [0, 0.05) is 24.8 Å². The lowest BCUT2D eigenvalue weighted by atomic mass is 10.0. The monoisotopic (exact) mass is 365 g/mol. The van der Waals surface area contributed by atoms with E-state index in [1.807, 2.05) is 12.1 Å². The van der Waals surface area contributed by atoms with Crippen LogP contribution in [-0.4, -0.2) is 43.0 Å². The number of amides is 1. The minimum absolute atomic E-state index is 0. The lowest BCUT2D eigenvalue weighted by Crippen LogP contribution is -2.45. The van der Waals surface area contributed by atoms with E-state index >= 15 is 0 Å². The van der Waals surface area contributed by atoms with Crippen LogP contribution in [0.3, 0.4) is 0 Å². The molecule has 1 aromatic rings. The highest BCUT2D eigenvalue weighted by atomic mass is 35.5. The number of benzene rings is 1. The molecular weight excluding hydrogens is 334 g/mol. The van der Waals surface area contributed by atoms with Crippen LogP contribution >= 0.6 is 12.4 Å². The molecule has 0 unspecified atom stereocenters. The van der Waals surface area contributed by atoms with Gasteiger partial charge < -0.3 is 10.6 Å². The molecule has 4 nitrogen and oxygen atoms in total.